The van der Waals surface area contributed by atoms with Crippen LogP contribution in [0.2, 0.25) is 0 Å². The van der Waals surface area contributed by atoms with Gasteiger partial charge < -0.3 is 14.7 Å². The molecule has 0 N–H and O–H groups in total. The van der Waals surface area contributed by atoms with Gasteiger partial charge in [0, 0.05) is 45.0 Å². The monoisotopic (exact) mass is 379 g/mol. The summed E-state index contributed by atoms with van der Waals surface area (Å²) < 4.78 is 0. The van der Waals surface area contributed by atoms with Gasteiger partial charge in [-0.25, -0.2) is 9.97 Å². The number of hydrogen-bond donors (Lipinski definition) is 0. The summed E-state index contributed by atoms with van der Waals surface area (Å²) in [5.74, 6) is 1.55. The molecule has 0 aliphatic carbocycles. The Hall–Kier alpha value is -2.63. The van der Waals surface area contributed by atoms with Crippen LogP contribution >= 0.6 is 0 Å². The maximum atomic E-state index is 12.8. The lowest BCUT2D eigenvalue weighted by Gasteiger charge is -2.36. The summed E-state index contributed by atoms with van der Waals surface area (Å²) in [5.41, 5.74) is 2.93. The highest BCUT2D eigenvalue weighted by Crippen LogP contribution is 2.21. The maximum absolute atomic E-state index is 12.8. The molecule has 1 unspecified atom stereocenters. The second-order valence-corrected chi connectivity index (χ2v) is 8.07. The number of anilines is 2. The van der Waals surface area contributed by atoms with Crippen molar-refractivity contribution in [1.82, 2.24) is 14.9 Å². The number of rotatable bonds is 3. The fraction of sp³-hybridized carbons (Fsp3) is 0.500. The largest absolute Gasteiger partial charge is 0.368 e. The van der Waals surface area contributed by atoms with Gasteiger partial charge in [0.25, 0.3) is 5.91 Å². The number of benzene rings is 1. The van der Waals surface area contributed by atoms with Crippen molar-refractivity contribution in [1.29, 1.82) is 0 Å². The van der Waals surface area contributed by atoms with E-state index in [-0.39, 0.29) is 5.91 Å². The number of carbonyl (C=O) groups excluding carboxylic acids is 1. The van der Waals surface area contributed by atoms with Crippen LogP contribution in [0.3, 0.4) is 0 Å². The van der Waals surface area contributed by atoms with Gasteiger partial charge in [-0.15, -0.1) is 0 Å². The number of aryl methyl sites for hydroxylation is 1. The average molecular weight is 380 g/mol. The summed E-state index contributed by atoms with van der Waals surface area (Å²) in [6.45, 7) is 9.51. The Morgan fingerprint density at radius 3 is 2.54 bits per heavy atom. The topological polar surface area (TPSA) is 52.6 Å². The number of carbonyl (C=O) groups is 1. The van der Waals surface area contributed by atoms with E-state index in [4.69, 9.17) is 0 Å². The van der Waals surface area contributed by atoms with Gasteiger partial charge in [0.15, 0.2) is 0 Å². The summed E-state index contributed by atoms with van der Waals surface area (Å²) in [5, 5.41) is 0. The van der Waals surface area contributed by atoms with E-state index in [0.717, 1.165) is 32.0 Å². The minimum absolute atomic E-state index is 0.0186. The van der Waals surface area contributed by atoms with E-state index < -0.39 is 0 Å². The molecule has 1 atom stereocenters. The number of hydrogen-bond acceptors (Lipinski definition) is 5. The van der Waals surface area contributed by atoms with Crippen molar-refractivity contribution in [3.8, 4) is 0 Å². The third-order valence-electron chi connectivity index (χ3n) is 5.77. The SMILES string of the molecule is Cc1cccc(N2CCN(C(=O)c3cnc(N4CCCC(C)C4)cn3)CC2)c1. The van der Waals surface area contributed by atoms with E-state index in [1.54, 1.807) is 12.4 Å². The van der Waals surface area contributed by atoms with E-state index in [1.165, 1.54) is 24.1 Å². The maximum Gasteiger partial charge on any atom is 0.274 e. The normalized spacial score (nSPS) is 20.4. The molecule has 6 nitrogen and oxygen atoms in total. The Balaban J connectivity index is 1.36. The smallest absolute Gasteiger partial charge is 0.274 e. The number of piperidine rings is 1. The van der Waals surface area contributed by atoms with Crippen LogP contribution in [0.4, 0.5) is 11.5 Å². The molecule has 1 aromatic heterocycles. The van der Waals surface area contributed by atoms with E-state index >= 15 is 0 Å². The third-order valence-corrected chi connectivity index (χ3v) is 5.77. The quantitative estimate of drug-likeness (QED) is 0.821. The summed E-state index contributed by atoms with van der Waals surface area (Å²) in [7, 11) is 0. The van der Waals surface area contributed by atoms with Crippen LogP contribution in [-0.2, 0) is 0 Å². The van der Waals surface area contributed by atoms with Crippen LogP contribution in [-0.4, -0.2) is 60.0 Å². The number of nitrogens with zero attached hydrogens (tertiary/aromatic N) is 5. The zero-order valence-electron chi connectivity index (χ0n) is 16.8. The van der Waals surface area contributed by atoms with Crippen molar-refractivity contribution in [2.75, 3.05) is 49.1 Å². The summed E-state index contributed by atoms with van der Waals surface area (Å²) >= 11 is 0. The predicted octanol–water partition coefficient (Wildman–Crippen LogP) is 2.98. The molecular formula is C22H29N5O. The van der Waals surface area contributed by atoms with Crippen LogP contribution in [0.25, 0.3) is 0 Å². The van der Waals surface area contributed by atoms with Gasteiger partial charge >= 0.3 is 0 Å². The number of amides is 1. The molecule has 0 bridgehead atoms. The lowest BCUT2D eigenvalue weighted by Crippen LogP contribution is -2.49. The Bertz CT molecular complexity index is 814. The highest BCUT2D eigenvalue weighted by atomic mass is 16.2. The van der Waals surface area contributed by atoms with Gasteiger partial charge in [-0.1, -0.05) is 19.1 Å². The van der Waals surface area contributed by atoms with Gasteiger partial charge in [0.05, 0.1) is 12.4 Å². The first kappa shape index (κ1) is 18.7. The molecule has 2 fully saturated rings. The molecule has 0 spiro atoms. The molecule has 4 rings (SSSR count). The van der Waals surface area contributed by atoms with Crippen molar-refractivity contribution in [3.63, 3.8) is 0 Å². The van der Waals surface area contributed by atoms with Gasteiger partial charge in [-0.2, -0.15) is 0 Å². The predicted molar refractivity (Wildman–Crippen MR) is 112 cm³/mol. The Kier molecular flexibility index (Phi) is 5.46. The highest BCUT2D eigenvalue weighted by Gasteiger charge is 2.24. The Morgan fingerprint density at radius 2 is 1.86 bits per heavy atom. The van der Waals surface area contributed by atoms with Gasteiger partial charge in [-0.3, -0.25) is 4.79 Å². The molecule has 148 valence electrons. The number of piperazine rings is 1. The first-order valence-electron chi connectivity index (χ1n) is 10.3. The van der Waals surface area contributed by atoms with E-state index in [9.17, 15) is 4.79 Å². The second kappa shape index (κ2) is 8.17. The van der Waals surface area contributed by atoms with Crippen LogP contribution in [0, 0.1) is 12.8 Å². The van der Waals surface area contributed by atoms with Crippen LogP contribution < -0.4 is 9.80 Å². The van der Waals surface area contributed by atoms with E-state index in [2.05, 4.69) is 57.9 Å². The first-order chi connectivity index (χ1) is 13.6. The van der Waals surface area contributed by atoms with Gasteiger partial charge in [0.1, 0.15) is 11.5 Å². The van der Waals surface area contributed by atoms with Gasteiger partial charge in [-0.05, 0) is 43.4 Å². The van der Waals surface area contributed by atoms with E-state index in [1.807, 2.05) is 4.90 Å². The summed E-state index contributed by atoms with van der Waals surface area (Å²) in [6, 6.07) is 8.53. The molecule has 0 saturated carbocycles. The molecule has 1 amide bonds. The molecule has 28 heavy (non-hydrogen) atoms. The number of aromatic nitrogens is 2. The van der Waals surface area contributed by atoms with Crippen LogP contribution in [0.15, 0.2) is 36.7 Å². The Morgan fingerprint density at radius 1 is 1.04 bits per heavy atom. The molecule has 6 heteroatoms. The molecule has 2 aliphatic heterocycles. The molecule has 2 saturated heterocycles. The zero-order chi connectivity index (χ0) is 19.5. The average Bonchev–Trinajstić information content (AvgIpc) is 2.73. The first-order valence-corrected chi connectivity index (χ1v) is 10.3. The molecule has 2 aromatic rings. The molecule has 2 aliphatic rings. The molecule has 3 heterocycles. The summed E-state index contributed by atoms with van der Waals surface area (Å²) in [6.07, 6.45) is 5.86. The lowest BCUT2D eigenvalue weighted by molar-refractivity contribution is 0.0740. The summed E-state index contributed by atoms with van der Waals surface area (Å²) in [4.78, 5) is 28.3. The van der Waals surface area contributed by atoms with Crippen molar-refractivity contribution < 1.29 is 4.79 Å². The second-order valence-electron chi connectivity index (χ2n) is 8.07. The molecule has 1 aromatic carbocycles. The Labute approximate surface area is 167 Å². The van der Waals surface area contributed by atoms with Crippen molar-refractivity contribution in [3.05, 3.63) is 47.9 Å². The van der Waals surface area contributed by atoms with Crippen molar-refractivity contribution in [2.24, 2.45) is 5.92 Å². The molecule has 0 radical (unpaired) electrons. The van der Waals surface area contributed by atoms with Crippen LogP contribution in [0.1, 0.15) is 35.8 Å². The van der Waals surface area contributed by atoms with Crippen molar-refractivity contribution in [2.45, 2.75) is 26.7 Å². The molecular weight excluding hydrogens is 350 g/mol. The van der Waals surface area contributed by atoms with Crippen molar-refractivity contribution >= 4 is 17.4 Å². The minimum atomic E-state index is -0.0186. The lowest BCUT2D eigenvalue weighted by atomic mass is 10.0. The fourth-order valence-electron chi connectivity index (χ4n) is 4.15. The standard InChI is InChI=1S/C22H29N5O/c1-17-5-3-7-19(13-17)25-9-11-26(12-10-25)22(28)20-14-24-21(15-23-20)27-8-4-6-18(2)16-27/h3,5,7,13-15,18H,4,6,8-12,16H2,1-2H3. The highest BCUT2D eigenvalue weighted by molar-refractivity contribution is 5.92. The minimum Gasteiger partial charge on any atom is -0.368 e. The van der Waals surface area contributed by atoms with Gasteiger partial charge in [0.2, 0.25) is 0 Å². The van der Waals surface area contributed by atoms with Crippen LogP contribution in [0.5, 0.6) is 0 Å². The van der Waals surface area contributed by atoms with E-state index in [0.29, 0.717) is 24.7 Å². The fourth-order valence-corrected chi connectivity index (χ4v) is 4.15. The third kappa shape index (κ3) is 4.11. The zero-order valence-corrected chi connectivity index (χ0v) is 16.8.